The molecule has 2 aromatic rings. The average Bonchev–Trinajstić information content (AvgIpc) is 3.01. The van der Waals surface area contributed by atoms with E-state index in [0.29, 0.717) is 16.1 Å². The summed E-state index contributed by atoms with van der Waals surface area (Å²) in [5.41, 5.74) is 2.67. The van der Waals surface area contributed by atoms with E-state index in [1.54, 1.807) is 25.1 Å². The van der Waals surface area contributed by atoms with Gasteiger partial charge in [-0.2, -0.15) is 0 Å². The molecule has 0 aliphatic carbocycles. The van der Waals surface area contributed by atoms with Crippen molar-refractivity contribution in [1.29, 1.82) is 0 Å². The third kappa shape index (κ3) is 4.70. The molecule has 1 heterocycles. The number of benzene rings is 1. The first-order chi connectivity index (χ1) is 12.3. The first kappa shape index (κ1) is 19.7. The Balaban J connectivity index is 1.98. The Morgan fingerprint density at radius 2 is 1.85 bits per heavy atom. The zero-order chi connectivity index (χ0) is 19.3. The number of aryl methyl sites for hydroxylation is 3. The minimum absolute atomic E-state index is 0.326. The molecule has 0 spiro atoms. The number of carbonyl (C=O) groups is 3. The van der Waals surface area contributed by atoms with Crippen LogP contribution in [-0.2, 0) is 20.7 Å². The minimum atomic E-state index is -0.520. The summed E-state index contributed by atoms with van der Waals surface area (Å²) in [5.74, 6) is -1.49. The van der Waals surface area contributed by atoms with E-state index in [2.05, 4.69) is 10.1 Å². The number of ether oxygens (including phenoxy) is 2. The molecule has 1 aromatic carbocycles. The van der Waals surface area contributed by atoms with Gasteiger partial charge in [-0.15, -0.1) is 11.3 Å². The Kier molecular flexibility index (Phi) is 6.52. The zero-order valence-corrected chi connectivity index (χ0v) is 16.0. The lowest BCUT2D eigenvalue weighted by Gasteiger charge is -2.10. The van der Waals surface area contributed by atoms with Gasteiger partial charge in [0.25, 0.3) is 5.91 Å². The number of amides is 1. The molecule has 138 valence electrons. The van der Waals surface area contributed by atoms with Crippen molar-refractivity contribution in [2.75, 3.05) is 19.0 Å². The molecular weight excluding hydrogens is 354 g/mol. The number of rotatable bonds is 6. The zero-order valence-electron chi connectivity index (χ0n) is 15.2. The van der Waals surface area contributed by atoms with E-state index in [-0.39, 0.29) is 0 Å². The van der Waals surface area contributed by atoms with Gasteiger partial charge >= 0.3 is 11.9 Å². The van der Waals surface area contributed by atoms with Crippen LogP contribution < -0.4 is 5.32 Å². The van der Waals surface area contributed by atoms with E-state index < -0.39 is 24.5 Å². The number of methoxy groups -OCH3 is 1. The third-order valence-corrected chi connectivity index (χ3v) is 4.94. The van der Waals surface area contributed by atoms with E-state index in [1.807, 2.05) is 13.8 Å². The van der Waals surface area contributed by atoms with E-state index in [9.17, 15) is 14.4 Å². The molecule has 0 unspecified atom stereocenters. The molecule has 0 atom stereocenters. The molecule has 7 heteroatoms. The number of nitrogens with one attached hydrogen (secondary N) is 1. The van der Waals surface area contributed by atoms with Gasteiger partial charge in [0.15, 0.2) is 6.61 Å². The monoisotopic (exact) mass is 375 g/mol. The second-order valence-corrected chi connectivity index (χ2v) is 6.95. The molecule has 0 radical (unpaired) electrons. The molecule has 0 bridgehead atoms. The summed E-state index contributed by atoms with van der Waals surface area (Å²) in [5, 5.41) is 2.64. The second kappa shape index (κ2) is 8.62. The molecule has 2 rings (SSSR count). The highest BCUT2D eigenvalue weighted by Crippen LogP contribution is 2.23. The molecule has 0 saturated heterocycles. The normalized spacial score (nSPS) is 10.3. The van der Waals surface area contributed by atoms with Gasteiger partial charge < -0.3 is 14.8 Å². The fourth-order valence-corrected chi connectivity index (χ4v) is 3.37. The first-order valence-electron chi connectivity index (χ1n) is 8.11. The van der Waals surface area contributed by atoms with Crippen LogP contribution in [0.4, 0.5) is 5.69 Å². The Morgan fingerprint density at radius 3 is 2.46 bits per heavy atom. The number of carbonyl (C=O) groups excluding carboxylic acids is 3. The maximum absolute atomic E-state index is 12.1. The maximum Gasteiger partial charge on any atom is 0.348 e. The molecule has 1 aromatic heterocycles. The predicted octanol–water partition coefficient (Wildman–Crippen LogP) is 3.51. The van der Waals surface area contributed by atoms with Crippen LogP contribution in [-0.4, -0.2) is 31.6 Å². The van der Waals surface area contributed by atoms with Gasteiger partial charge in [-0.3, -0.25) is 4.79 Å². The van der Waals surface area contributed by atoms with Gasteiger partial charge in [-0.25, -0.2) is 9.59 Å². The molecule has 0 fully saturated rings. The molecule has 0 aliphatic rings. The number of anilines is 1. The summed E-state index contributed by atoms with van der Waals surface area (Å²) in [4.78, 5) is 37.3. The van der Waals surface area contributed by atoms with Gasteiger partial charge in [0, 0.05) is 10.6 Å². The fourth-order valence-electron chi connectivity index (χ4n) is 2.36. The largest absolute Gasteiger partial charge is 0.465 e. The van der Waals surface area contributed by atoms with Crippen molar-refractivity contribution in [2.45, 2.75) is 27.2 Å². The Labute approximate surface area is 156 Å². The van der Waals surface area contributed by atoms with E-state index in [1.165, 1.54) is 24.5 Å². The topological polar surface area (TPSA) is 81.7 Å². The summed E-state index contributed by atoms with van der Waals surface area (Å²) in [6.45, 7) is 5.36. The first-order valence-corrected chi connectivity index (χ1v) is 8.92. The second-order valence-electron chi connectivity index (χ2n) is 5.69. The van der Waals surface area contributed by atoms with Crippen molar-refractivity contribution in [2.24, 2.45) is 0 Å². The van der Waals surface area contributed by atoms with Crippen molar-refractivity contribution in [3.05, 3.63) is 50.7 Å². The molecule has 0 aliphatic heterocycles. The Hall–Kier alpha value is -2.67. The highest BCUT2D eigenvalue weighted by Gasteiger charge is 2.16. The van der Waals surface area contributed by atoms with Crippen molar-refractivity contribution in [3.8, 4) is 0 Å². The third-order valence-electron chi connectivity index (χ3n) is 3.87. The minimum Gasteiger partial charge on any atom is -0.465 e. The van der Waals surface area contributed by atoms with Crippen molar-refractivity contribution in [3.63, 3.8) is 0 Å². The highest BCUT2D eigenvalue weighted by atomic mass is 32.1. The van der Waals surface area contributed by atoms with Crippen LogP contribution in [0.25, 0.3) is 0 Å². The van der Waals surface area contributed by atoms with E-state index in [4.69, 9.17) is 4.74 Å². The lowest BCUT2D eigenvalue weighted by molar-refractivity contribution is -0.119. The summed E-state index contributed by atoms with van der Waals surface area (Å²) in [6, 6.07) is 6.64. The quantitative estimate of drug-likeness (QED) is 0.782. The van der Waals surface area contributed by atoms with Crippen LogP contribution in [0.1, 0.15) is 43.0 Å². The molecule has 26 heavy (non-hydrogen) atoms. The molecule has 1 amide bonds. The van der Waals surface area contributed by atoms with Gasteiger partial charge in [-0.05, 0) is 49.6 Å². The van der Waals surface area contributed by atoms with E-state index in [0.717, 1.165) is 22.4 Å². The number of esters is 2. The molecule has 1 N–H and O–H groups in total. The Morgan fingerprint density at radius 1 is 1.12 bits per heavy atom. The Bertz CT molecular complexity index is 840. The summed E-state index contributed by atoms with van der Waals surface area (Å²) in [6.07, 6.45) is 0.839. The highest BCUT2D eigenvalue weighted by molar-refractivity contribution is 7.14. The van der Waals surface area contributed by atoms with Crippen molar-refractivity contribution >= 4 is 34.9 Å². The van der Waals surface area contributed by atoms with Gasteiger partial charge in [0.2, 0.25) is 0 Å². The standard InChI is InChI=1S/C19H21NO5S/c1-5-13-9-16(26-12(13)3)19(23)25-10-17(21)20-15-8-14(18(22)24-4)7-6-11(15)2/h6-9H,5,10H2,1-4H3,(H,20,21). The van der Waals surface area contributed by atoms with Crippen LogP contribution in [0, 0.1) is 13.8 Å². The smallest absolute Gasteiger partial charge is 0.348 e. The summed E-state index contributed by atoms with van der Waals surface area (Å²) < 4.78 is 9.75. The average molecular weight is 375 g/mol. The lowest BCUT2D eigenvalue weighted by Crippen LogP contribution is -2.21. The molecule has 6 nitrogen and oxygen atoms in total. The predicted molar refractivity (Wildman–Crippen MR) is 99.9 cm³/mol. The van der Waals surface area contributed by atoms with Crippen molar-refractivity contribution in [1.82, 2.24) is 0 Å². The fraction of sp³-hybridized carbons (Fsp3) is 0.316. The summed E-state index contributed by atoms with van der Waals surface area (Å²) in [7, 11) is 1.29. The SMILES string of the molecule is CCc1cc(C(=O)OCC(=O)Nc2cc(C(=O)OC)ccc2C)sc1C. The van der Waals surface area contributed by atoms with Gasteiger partial charge in [-0.1, -0.05) is 13.0 Å². The van der Waals surface area contributed by atoms with Crippen LogP contribution in [0.3, 0.4) is 0 Å². The van der Waals surface area contributed by atoms with Crippen LogP contribution in [0.5, 0.6) is 0 Å². The maximum atomic E-state index is 12.1. The van der Waals surface area contributed by atoms with Crippen LogP contribution in [0.15, 0.2) is 24.3 Å². The number of hydrogen-bond acceptors (Lipinski definition) is 6. The van der Waals surface area contributed by atoms with Gasteiger partial charge in [0.1, 0.15) is 4.88 Å². The van der Waals surface area contributed by atoms with E-state index >= 15 is 0 Å². The number of hydrogen-bond donors (Lipinski definition) is 1. The van der Waals surface area contributed by atoms with Gasteiger partial charge in [0.05, 0.1) is 12.7 Å². The lowest BCUT2D eigenvalue weighted by atomic mass is 10.1. The van der Waals surface area contributed by atoms with Crippen LogP contribution >= 0.6 is 11.3 Å². The number of thiophene rings is 1. The van der Waals surface area contributed by atoms with Crippen LogP contribution in [0.2, 0.25) is 0 Å². The van der Waals surface area contributed by atoms with Crippen molar-refractivity contribution < 1.29 is 23.9 Å². The molecular formula is C19H21NO5S. The summed E-state index contributed by atoms with van der Waals surface area (Å²) >= 11 is 1.36. The molecule has 0 saturated carbocycles.